The van der Waals surface area contributed by atoms with E-state index < -0.39 is 0 Å². The largest absolute Gasteiger partial charge is 0.497 e. The molecule has 31 heavy (non-hydrogen) atoms. The molecule has 1 heterocycles. The van der Waals surface area contributed by atoms with Crippen molar-refractivity contribution in [1.29, 1.82) is 0 Å². The van der Waals surface area contributed by atoms with Crippen molar-refractivity contribution in [3.63, 3.8) is 0 Å². The average molecular weight is 480 g/mol. The molecule has 0 spiro atoms. The lowest BCUT2D eigenvalue weighted by molar-refractivity contribution is -0.121. The molecule has 6 nitrogen and oxygen atoms in total. The standard InChI is InChI=1S/C22H22ClNO5S2/c1-24-21(25)19(31-22(24)30)12-14-10-17(23)20(18(11-14)27-3)29-9-5-8-28-16-7-4-6-15(13-16)26-2/h4,6-7,10-13H,5,8-9H2,1-3H3. The topological polar surface area (TPSA) is 57.2 Å². The van der Waals surface area contributed by atoms with Gasteiger partial charge in [-0.15, -0.1) is 0 Å². The number of rotatable bonds is 9. The second kappa shape index (κ2) is 10.7. The van der Waals surface area contributed by atoms with Gasteiger partial charge in [0.1, 0.15) is 15.8 Å². The Labute approximate surface area is 196 Å². The fourth-order valence-electron chi connectivity index (χ4n) is 2.77. The maximum absolute atomic E-state index is 12.2. The SMILES string of the molecule is COc1cccc(OCCCOc2c(Cl)cc(C=C3SC(=S)N(C)C3=O)cc2OC)c1. The van der Waals surface area contributed by atoms with Gasteiger partial charge in [0.25, 0.3) is 5.91 Å². The smallest absolute Gasteiger partial charge is 0.265 e. The molecule has 1 saturated heterocycles. The first-order valence-electron chi connectivity index (χ1n) is 9.41. The summed E-state index contributed by atoms with van der Waals surface area (Å²) in [6.45, 7) is 0.873. The van der Waals surface area contributed by atoms with Crippen LogP contribution in [-0.2, 0) is 4.79 Å². The van der Waals surface area contributed by atoms with Gasteiger partial charge >= 0.3 is 0 Å². The van der Waals surface area contributed by atoms with E-state index in [-0.39, 0.29) is 5.91 Å². The molecule has 1 fully saturated rings. The Kier molecular flexibility index (Phi) is 8.06. The molecule has 9 heteroatoms. The van der Waals surface area contributed by atoms with Crippen LogP contribution in [0.2, 0.25) is 5.02 Å². The minimum Gasteiger partial charge on any atom is -0.497 e. The van der Waals surface area contributed by atoms with Crippen molar-refractivity contribution in [2.24, 2.45) is 0 Å². The third kappa shape index (κ3) is 5.84. The van der Waals surface area contributed by atoms with Crippen LogP contribution < -0.4 is 18.9 Å². The number of methoxy groups -OCH3 is 2. The molecule has 0 atom stereocenters. The summed E-state index contributed by atoms with van der Waals surface area (Å²) < 4.78 is 22.7. The summed E-state index contributed by atoms with van der Waals surface area (Å²) in [5.41, 5.74) is 0.726. The number of ether oxygens (including phenoxy) is 4. The Morgan fingerprint density at radius 1 is 1.10 bits per heavy atom. The van der Waals surface area contributed by atoms with Crippen LogP contribution in [0.15, 0.2) is 41.3 Å². The molecule has 0 aromatic heterocycles. The molecule has 1 aliphatic rings. The van der Waals surface area contributed by atoms with Crippen LogP contribution in [-0.4, -0.2) is 49.6 Å². The van der Waals surface area contributed by atoms with Gasteiger partial charge in [0.05, 0.1) is 37.4 Å². The molecule has 2 aromatic rings. The molecule has 1 amide bonds. The Hall–Kier alpha value is -2.42. The van der Waals surface area contributed by atoms with E-state index in [1.165, 1.54) is 16.7 Å². The summed E-state index contributed by atoms with van der Waals surface area (Å²) in [7, 11) is 4.81. The quantitative estimate of drug-likeness (QED) is 0.284. The van der Waals surface area contributed by atoms with Crippen LogP contribution in [0.3, 0.4) is 0 Å². The fourth-order valence-corrected chi connectivity index (χ4v) is 4.23. The van der Waals surface area contributed by atoms with E-state index in [2.05, 4.69) is 0 Å². The van der Waals surface area contributed by atoms with Gasteiger partial charge in [-0.2, -0.15) is 0 Å². The number of amides is 1. The minimum atomic E-state index is -0.138. The van der Waals surface area contributed by atoms with E-state index in [1.54, 1.807) is 39.5 Å². The molecular weight excluding hydrogens is 458 g/mol. The summed E-state index contributed by atoms with van der Waals surface area (Å²) in [6, 6.07) is 10.9. The molecule has 164 valence electrons. The first kappa shape index (κ1) is 23.2. The predicted molar refractivity (Wildman–Crippen MR) is 128 cm³/mol. The average Bonchev–Trinajstić information content (AvgIpc) is 3.01. The zero-order valence-corrected chi connectivity index (χ0v) is 19.7. The summed E-state index contributed by atoms with van der Waals surface area (Å²) in [6.07, 6.45) is 2.39. The summed E-state index contributed by atoms with van der Waals surface area (Å²) >= 11 is 12.8. The molecule has 0 saturated carbocycles. The van der Waals surface area contributed by atoms with Crippen molar-refractivity contribution < 1.29 is 23.7 Å². The maximum Gasteiger partial charge on any atom is 0.265 e. The fraction of sp³-hybridized carbons (Fsp3) is 0.273. The summed E-state index contributed by atoms with van der Waals surface area (Å²) in [5, 5.41) is 0.395. The van der Waals surface area contributed by atoms with Crippen LogP contribution in [0.25, 0.3) is 6.08 Å². The Balaban J connectivity index is 1.60. The molecule has 0 bridgehead atoms. The highest BCUT2D eigenvalue weighted by Crippen LogP contribution is 2.38. The maximum atomic E-state index is 12.2. The zero-order valence-electron chi connectivity index (χ0n) is 17.3. The molecule has 1 aliphatic heterocycles. The third-order valence-electron chi connectivity index (χ3n) is 4.38. The number of carbonyl (C=O) groups excluding carboxylic acids is 1. The first-order chi connectivity index (χ1) is 14.9. The van der Waals surface area contributed by atoms with Gasteiger partial charge < -0.3 is 18.9 Å². The van der Waals surface area contributed by atoms with Gasteiger partial charge in [-0.25, -0.2) is 0 Å². The second-order valence-corrected chi connectivity index (χ2v) is 8.59. The van der Waals surface area contributed by atoms with Crippen molar-refractivity contribution in [3.05, 3.63) is 51.9 Å². The molecule has 0 aliphatic carbocycles. The number of benzene rings is 2. The summed E-state index contributed by atoms with van der Waals surface area (Å²) in [5.74, 6) is 2.27. The van der Waals surface area contributed by atoms with Crippen LogP contribution >= 0.6 is 35.6 Å². The monoisotopic (exact) mass is 479 g/mol. The second-order valence-electron chi connectivity index (χ2n) is 6.50. The van der Waals surface area contributed by atoms with E-state index in [0.717, 1.165) is 17.1 Å². The zero-order chi connectivity index (χ0) is 22.4. The van der Waals surface area contributed by atoms with Crippen molar-refractivity contribution in [2.75, 3.05) is 34.5 Å². The van der Waals surface area contributed by atoms with Crippen molar-refractivity contribution >= 4 is 51.9 Å². The highest BCUT2D eigenvalue weighted by molar-refractivity contribution is 8.26. The van der Waals surface area contributed by atoms with Gasteiger partial charge in [-0.05, 0) is 35.9 Å². The summed E-state index contributed by atoms with van der Waals surface area (Å²) in [4.78, 5) is 14.2. The number of thioether (sulfide) groups is 1. The molecule has 0 radical (unpaired) electrons. The number of likely N-dealkylation sites (N-methyl/N-ethyl adjacent to an activating group) is 1. The van der Waals surface area contributed by atoms with Crippen LogP contribution in [0.1, 0.15) is 12.0 Å². The lowest BCUT2D eigenvalue weighted by atomic mass is 10.2. The van der Waals surface area contributed by atoms with Crippen LogP contribution in [0, 0.1) is 0 Å². The van der Waals surface area contributed by atoms with E-state index in [1.807, 2.05) is 24.3 Å². The van der Waals surface area contributed by atoms with Crippen molar-refractivity contribution in [2.45, 2.75) is 6.42 Å². The number of hydrogen-bond donors (Lipinski definition) is 0. The molecule has 2 aromatic carbocycles. The van der Waals surface area contributed by atoms with Gasteiger partial charge in [0, 0.05) is 19.5 Å². The van der Waals surface area contributed by atoms with Crippen LogP contribution in [0.4, 0.5) is 0 Å². The Morgan fingerprint density at radius 2 is 1.84 bits per heavy atom. The normalized spacial score (nSPS) is 14.8. The minimum absolute atomic E-state index is 0.138. The van der Waals surface area contributed by atoms with Crippen molar-refractivity contribution in [3.8, 4) is 23.0 Å². The lowest BCUT2D eigenvalue weighted by Crippen LogP contribution is -2.22. The van der Waals surface area contributed by atoms with Gasteiger partial charge in [-0.1, -0.05) is 41.6 Å². The van der Waals surface area contributed by atoms with E-state index in [0.29, 0.717) is 45.4 Å². The van der Waals surface area contributed by atoms with E-state index >= 15 is 0 Å². The predicted octanol–water partition coefficient (Wildman–Crippen LogP) is 5.04. The van der Waals surface area contributed by atoms with E-state index in [4.69, 9.17) is 42.8 Å². The highest BCUT2D eigenvalue weighted by atomic mass is 35.5. The molecule has 0 unspecified atom stereocenters. The Bertz CT molecular complexity index is 1010. The van der Waals surface area contributed by atoms with E-state index in [9.17, 15) is 4.79 Å². The lowest BCUT2D eigenvalue weighted by Gasteiger charge is -2.14. The first-order valence-corrected chi connectivity index (χ1v) is 11.0. The molecule has 0 N–H and O–H groups in total. The number of carbonyl (C=O) groups is 1. The van der Waals surface area contributed by atoms with Gasteiger partial charge in [0.15, 0.2) is 11.5 Å². The van der Waals surface area contributed by atoms with Gasteiger partial charge in [-0.3, -0.25) is 9.69 Å². The van der Waals surface area contributed by atoms with Gasteiger partial charge in [0.2, 0.25) is 0 Å². The number of halogens is 1. The number of nitrogens with zero attached hydrogens (tertiary/aromatic N) is 1. The molecular formula is C22H22ClNO5S2. The van der Waals surface area contributed by atoms with Crippen molar-refractivity contribution in [1.82, 2.24) is 4.90 Å². The van der Waals surface area contributed by atoms with Crippen LogP contribution in [0.5, 0.6) is 23.0 Å². The highest BCUT2D eigenvalue weighted by Gasteiger charge is 2.28. The number of thiocarbonyl (C=S) groups is 1. The third-order valence-corrected chi connectivity index (χ3v) is 6.15. The Morgan fingerprint density at radius 3 is 2.52 bits per heavy atom. The molecule has 3 rings (SSSR count). The number of hydrogen-bond acceptors (Lipinski definition) is 7.